The summed E-state index contributed by atoms with van der Waals surface area (Å²) in [6.07, 6.45) is 2.73. The highest BCUT2D eigenvalue weighted by molar-refractivity contribution is 5.85. The number of hydrogen-bond acceptors (Lipinski definition) is 1. The molecule has 0 unspecified atom stereocenters. The standard InChI is InChI=1S/C18H30NO.ClH/c1-4-19(5-2,6-3)14-16-12-13-17(16)15-20-18-10-8-7-9-11-18;/h7-11,16-17H,4-6,12-15H2,1-3H3;1H/q+1;/t16-,17-;/m1./s1. The Bertz CT molecular complexity index is 383. The van der Waals surface area contributed by atoms with E-state index in [0.717, 1.165) is 24.2 Å². The molecule has 1 aromatic carbocycles. The number of hydrogen-bond donors (Lipinski definition) is 0. The van der Waals surface area contributed by atoms with Gasteiger partial charge in [-0.3, -0.25) is 0 Å². The van der Waals surface area contributed by atoms with E-state index in [2.05, 4.69) is 32.9 Å². The lowest BCUT2D eigenvalue weighted by Gasteiger charge is -2.44. The molecule has 3 heteroatoms. The summed E-state index contributed by atoms with van der Waals surface area (Å²) < 4.78 is 7.22. The summed E-state index contributed by atoms with van der Waals surface area (Å²) >= 11 is 0. The zero-order valence-electron chi connectivity index (χ0n) is 13.8. The van der Waals surface area contributed by atoms with Crippen LogP contribution < -0.4 is 4.74 Å². The number of rotatable bonds is 8. The quantitative estimate of drug-likeness (QED) is 0.647. The van der Waals surface area contributed by atoms with Crippen LogP contribution in [0.25, 0.3) is 0 Å². The first kappa shape index (κ1) is 18.3. The molecule has 1 aliphatic carbocycles. The second-order valence-corrected chi connectivity index (χ2v) is 6.19. The first-order chi connectivity index (χ1) is 9.73. The molecule has 2 rings (SSSR count). The normalized spacial score (nSPS) is 21.3. The van der Waals surface area contributed by atoms with E-state index >= 15 is 0 Å². The Morgan fingerprint density at radius 1 is 0.952 bits per heavy atom. The molecule has 0 aromatic heterocycles. The van der Waals surface area contributed by atoms with E-state index in [9.17, 15) is 0 Å². The minimum atomic E-state index is 0. The minimum Gasteiger partial charge on any atom is -0.493 e. The van der Waals surface area contributed by atoms with Gasteiger partial charge in [-0.2, -0.15) is 0 Å². The maximum Gasteiger partial charge on any atom is 0.119 e. The fourth-order valence-electron chi connectivity index (χ4n) is 3.37. The Labute approximate surface area is 136 Å². The van der Waals surface area contributed by atoms with E-state index in [-0.39, 0.29) is 12.4 Å². The van der Waals surface area contributed by atoms with E-state index in [1.165, 1.54) is 43.5 Å². The van der Waals surface area contributed by atoms with E-state index in [1.807, 2.05) is 18.2 Å². The van der Waals surface area contributed by atoms with Crippen molar-refractivity contribution in [1.82, 2.24) is 0 Å². The highest BCUT2D eigenvalue weighted by atomic mass is 35.5. The van der Waals surface area contributed by atoms with Gasteiger partial charge in [-0.15, -0.1) is 12.4 Å². The van der Waals surface area contributed by atoms with Gasteiger partial charge in [0, 0.05) is 11.8 Å². The summed E-state index contributed by atoms with van der Waals surface area (Å²) in [6.45, 7) is 13.0. The molecule has 0 heterocycles. The Balaban J connectivity index is 0.00000220. The van der Waals surface area contributed by atoms with Gasteiger partial charge >= 0.3 is 0 Å². The van der Waals surface area contributed by atoms with Gasteiger partial charge in [-0.05, 0) is 45.7 Å². The second kappa shape index (κ2) is 8.65. The molecule has 21 heavy (non-hydrogen) atoms. The fraction of sp³-hybridized carbons (Fsp3) is 0.667. The Morgan fingerprint density at radius 2 is 1.52 bits per heavy atom. The van der Waals surface area contributed by atoms with Crippen LogP contribution in [0.3, 0.4) is 0 Å². The van der Waals surface area contributed by atoms with Crippen molar-refractivity contribution < 1.29 is 9.22 Å². The molecule has 1 aliphatic rings. The number of para-hydroxylation sites is 1. The maximum atomic E-state index is 5.95. The van der Waals surface area contributed by atoms with E-state index in [0.29, 0.717) is 0 Å². The second-order valence-electron chi connectivity index (χ2n) is 6.19. The van der Waals surface area contributed by atoms with Crippen LogP contribution in [0.2, 0.25) is 0 Å². The lowest BCUT2D eigenvalue weighted by Crippen LogP contribution is -2.53. The number of halogens is 1. The van der Waals surface area contributed by atoms with E-state index in [1.54, 1.807) is 0 Å². The molecule has 1 saturated carbocycles. The number of quaternary nitrogens is 1. The van der Waals surface area contributed by atoms with Crippen molar-refractivity contribution >= 4 is 12.4 Å². The molecule has 2 nitrogen and oxygen atoms in total. The van der Waals surface area contributed by atoms with E-state index < -0.39 is 0 Å². The van der Waals surface area contributed by atoms with Gasteiger partial charge in [0.05, 0.1) is 32.8 Å². The molecule has 120 valence electrons. The average Bonchev–Trinajstić information content (AvgIpc) is 2.49. The van der Waals surface area contributed by atoms with Crippen molar-refractivity contribution in [2.45, 2.75) is 33.6 Å². The predicted octanol–water partition coefficient (Wildman–Crippen LogP) is 4.39. The summed E-state index contributed by atoms with van der Waals surface area (Å²) in [5, 5.41) is 0. The van der Waals surface area contributed by atoms with Crippen molar-refractivity contribution in [2.24, 2.45) is 11.8 Å². The molecular formula is C18H31ClNO+. The van der Waals surface area contributed by atoms with Crippen LogP contribution in [0.5, 0.6) is 5.75 Å². The molecule has 0 radical (unpaired) electrons. The summed E-state index contributed by atoms with van der Waals surface area (Å²) in [5.74, 6) is 2.64. The van der Waals surface area contributed by atoms with Crippen LogP contribution in [-0.4, -0.2) is 37.3 Å². The van der Waals surface area contributed by atoms with Gasteiger partial charge in [0.15, 0.2) is 0 Å². The Morgan fingerprint density at radius 3 is 2.00 bits per heavy atom. The smallest absolute Gasteiger partial charge is 0.119 e. The Hall–Kier alpha value is -0.730. The monoisotopic (exact) mass is 312 g/mol. The highest BCUT2D eigenvalue weighted by Gasteiger charge is 2.37. The van der Waals surface area contributed by atoms with Gasteiger partial charge in [0.25, 0.3) is 0 Å². The van der Waals surface area contributed by atoms with Gasteiger partial charge < -0.3 is 9.22 Å². The molecule has 0 saturated heterocycles. The van der Waals surface area contributed by atoms with Crippen molar-refractivity contribution in [2.75, 3.05) is 32.8 Å². The zero-order chi connectivity index (χ0) is 14.4. The van der Waals surface area contributed by atoms with Crippen molar-refractivity contribution in [3.05, 3.63) is 30.3 Å². The molecule has 1 fully saturated rings. The zero-order valence-corrected chi connectivity index (χ0v) is 14.6. The van der Waals surface area contributed by atoms with Crippen molar-refractivity contribution in [3.8, 4) is 5.75 Å². The van der Waals surface area contributed by atoms with Crippen LogP contribution in [0.15, 0.2) is 30.3 Å². The van der Waals surface area contributed by atoms with Crippen LogP contribution >= 0.6 is 12.4 Å². The van der Waals surface area contributed by atoms with Gasteiger partial charge in [0.1, 0.15) is 5.75 Å². The third-order valence-electron chi connectivity index (χ3n) is 5.42. The highest BCUT2D eigenvalue weighted by Crippen LogP contribution is 2.36. The van der Waals surface area contributed by atoms with Crippen LogP contribution in [0.4, 0.5) is 0 Å². The minimum absolute atomic E-state index is 0. The SMILES string of the molecule is CC[N+](CC)(CC)C[C@H]1CC[C@@H]1COc1ccccc1.Cl. The average molecular weight is 313 g/mol. The summed E-state index contributed by atoms with van der Waals surface area (Å²) in [6, 6.07) is 10.2. The molecule has 0 spiro atoms. The van der Waals surface area contributed by atoms with Crippen molar-refractivity contribution in [3.63, 3.8) is 0 Å². The number of ether oxygens (including phenoxy) is 1. The third-order valence-corrected chi connectivity index (χ3v) is 5.42. The van der Waals surface area contributed by atoms with Crippen LogP contribution in [0.1, 0.15) is 33.6 Å². The van der Waals surface area contributed by atoms with Gasteiger partial charge in [-0.1, -0.05) is 18.2 Å². The lowest BCUT2D eigenvalue weighted by molar-refractivity contribution is -0.927. The predicted molar refractivity (Wildman–Crippen MR) is 92.1 cm³/mol. The first-order valence-corrected chi connectivity index (χ1v) is 8.26. The molecule has 0 bridgehead atoms. The number of benzene rings is 1. The lowest BCUT2D eigenvalue weighted by atomic mass is 9.73. The van der Waals surface area contributed by atoms with Gasteiger partial charge in [0.2, 0.25) is 0 Å². The fourth-order valence-corrected chi connectivity index (χ4v) is 3.37. The Kier molecular flexibility index (Phi) is 7.55. The molecule has 0 aliphatic heterocycles. The van der Waals surface area contributed by atoms with Crippen LogP contribution in [0, 0.1) is 11.8 Å². The maximum absolute atomic E-state index is 5.95. The number of nitrogens with zero attached hydrogens (tertiary/aromatic N) is 1. The molecule has 0 amide bonds. The van der Waals surface area contributed by atoms with Crippen LogP contribution in [-0.2, 0) is 0 Å². The topological polar surface area (TPSA) is 9.23 Å². The summed E-state index contributed by atoms with van der Waals surface area (Å²) in [4.78, 5) is 0. The van der Waals surface area contributed by atoms with E-state index in [4.69, 9.17) is 4.74 Å². The third kappa shape index (κ3) is 4.62. The molecule has 1 aromatic rings. The largest absolute Gasteiger partial charge is 0.493 e. The molecular weight excluding hydrogens is 282 g/mol. The summed E-state index contributed by atoms with van der Waals surface area (Å²) in [5.41, 5.74) is 0. The summed E-state index contributed by atoms with van der Waals surface area (Å²) in [7, 11) is 0. The van der Waals surface area contributed by atoms with Crippen molar-refractivity contribution in [1.29, 1.82) is 0 Å². The molecule has 2 atom stereocenters. The first-order valence-electron chi connectivity index (χ1n) is 8.26. The van der Waals surface area contributed by atoms with Gasteiger partial charge in [-0.25, -0.2) is 0 Å². The molecule has 0 N–H and O–H groups in total.